The van der Waals surface area contributed by atoms with Gasteiger partial charge in [-0.2, -0.15) is 0 Å². The average Bonchev–Trinajstić information content (AvgIpc) is 3.89. The van der Waals surface area contributed by atoms with E-state index in [4.69, 9.17) is 15.0 Å². The van der Waals surface area contributed by atoms with Crippen LogP contribution < -0.4 is 0 Å². The number of rotatable bonds is 7. The van der Waals surface area contributed by atoms with E-state index in [0.717, 1.165) is 73.6 Å². The highest BCUT2D eigenvalue weighted by atomic mass is 32.1. The molecule has 0 aliphatic heterocycles. The molecule has 1 aliphatic rings. The summed E-state index contributed by atoms with van der Waals surface area (Å²) in [4.78, 5) is 14.3. The molecule has 0 N–H and O–H groups in total. The molecule has 5 aromatic heterocycles. The van der Waals surface area contributed by atoms with E-state index in [1.165, 1.54) is 42.1 Å². The molecule has 1 unspecified atom stereocenters. The zero-order valence-corrected chi connectivity index (χ0v) is 35.4. The molecule has 1 aliphatic carbocycles. The van der Waals surface area contributed by atoms with Crippen molar-refractivity contribution in [1.29, 1.82) is 0 Å². The lowest BCUT2D eigenvalue weighted by Crippen LogP contribution is -2.25. The Morgan fingerprint density at radius 1 is 0.476 bits per heavy atom. The van der Waals surface area contributed by atoms with Crippen molar-refractivity contribution in [2.75, 3.05) is 0 Å². The Hall–Kier alpha value is -7.73. The average molecular weight is 825 g/mol. The zero-order valence-electron chi connectivity index (χ0n) is 34.6. The molecule has 0 spiro atoms. The Balaban J connectivity index is 1.06. The zero-order chi connectivity index (χ0) is 41.9. The summed E-state index contributed by atoms with van der Waals surface area (Å²) in [6, 6.07) is 63.6. The quantitative estimate of drug-likeness (QED) is 0.161. The number of thiophene rings is 1. The van der Waals surface area contributed by atoms with Crippen molar-refractivity contribution in [3.63, 3.8) is 0 Å². The van der Waals surface area contributed by atoms with E-state index in [0.29, 0.717) is 0 Å². The summed E-state index contributed by atoms with van der Waals surface area (Å²) < 4.78 is 5.02. The van der Waals surface area contributed by atoms with Crippen LogP contribution in [0.4, 0.5) is 0 Å². The molecule has 63 heavy (non-hydrogen) atoms. The van der Waals surface area contributed by atoms with Gasteiger partial charge in [-0.15, -0.1) is 11.3 Å². The van der Waals surface area contributed by atoms with E-state index in [1.807, 2.05) is 48.1 Å². The summed E-state index contributed by atoms with van der Waals surface area (Å²) >= 11 is 1.86. The predicted octanol–water partition coefficient (Wildman–Crippen LogP) is 15.3. The number of pyridine rings is 3. The minimum atomic E-state index is -0.213. The van der Waals surface area contributed by atoms with E-state index in [1.54, 1.807) is 0 Å². The summed E-state index contributed by atoms with van der Waals surface area (Å²) in [6.45, 7) is 2.36. The summed E-state index contributed by atoms with van der Waals surface area (Å²) in [7, 11) is 0. The monoisotopic (exact) mass is 824 g/mol. The molecular weight excluding hydrogens is 785 g/mol. The molecule has 11 aromatic rings. The first kappa shape index (κ1) is 37.1. The minimum absolute atomic E-state index is 0.213. The molecule has 12 rings (SSSR count). The second-order valence-corrected chi connectivity index (χ2v) is 17.7. The molecule has 0 radical (unpaired) electrons. The van der Waals surface area contributed by atoms with Gasteiger partial charge in [0.15, 0.2) is 0 Å². The fraction of sp³-hybridized carbons (Fsp3) is 0.0517. The van der Waals surface area contributed by atoms with Crippen LogP contribution in [0, 0.1) is 0 Å². The fourth-order valence-corrected chi connectivity index (χ4v) is 10.8. The van der Waals surface area contributed by atoms with Gasteiger partial charge in [-0.1, -0.05) is 110 Å². The number of fused-ring (bicyclic) bond motifs is 6. The first-order chi connectivity index (χ1) is 31.1. The number of benzene rings is 6. The molecule has 4 nitrogen and oxygen atoms in total. The van der Waals surface area contributed by atoms with Crippen LogP contribution in [0.25, 0.3) is 98.0 Å². The topological polar surface area (TPSA) is 43.6 Å². The van der Waals surface area contributed by atoms with Gasteiger partial charge >= 0.3 is 0 Å². The first-order valence-electron chi connectivity index (χ1n) is 21.5. The number of aromatic nitrogens is 4. The van der Waals surface area contributed by atoms with Crippen molar-refractivity contribution in [1.82, 2.24) is 19.5 Å². The van der Waals surface area contributed by atoms with Crippen LogP contribution in [0.15, 0.2) is 213 Å². The molecular formula is C58H40N4S. The van der Waals surface area contributed by atoms with Crippen LogP contribution in [-0.4, -0.2) is 19.5 Å². The van der Waals surface area contributed by atoms with Crippen LogP contribution in [0.5, 0.6) is 0 Å². The molecule has 5 heteroatoms. The maximum absolute atomic E-state index is 4.79. The van der Waals surface area contributed by atoms with Crippen molar-refractivity contribution < 1.29 is 0 Å². The molecule has 6 aromatic carbocycles. The lowest BCUT2D eigenvalue weighted by molar-refractivity contribution is 0.619. The van der Waals surface area contributed by atoms with Crippen LogP contribution in [0.1, 0.15) is 24.6 Å². The van der Waals surface area contributed by atoms with Crippen LogP contribution in [-0.2, 0) is 5.41 Å². The van der Waals surface area contributed by atoms with Gasteiger partial charge in [0.05, 0.1) is 28.1 Å². The van der Waals surface area contributed by atoms with Gasteiger partial charge < -0.3 is 4.57 Å². The van der Waals surface area contributed by atoms with E-state index < -0.39 is 0 Å². The third kappa shape index (κ3) is 6.23. The van der Waals surface area contributed by atoms with Crippen LogP contribution >= 0.6 is 11.3 Å². The predicted molar refractivity (Wildman–Crippen MR) is 264 cm³/mol. The highest BCUT2D eigenvalue weighted by Gasteiger charge is 2.33. The van der Waals surface area contributed by atoms with Gasteiger partial charge in [0.25, 0.3) is 0 Å². The maximum atomic E-state index is 4.79. The number of allylic oxidation sites excluding steroid dienone is 4. The second-order valence-electron chi connectivity index (χ2n) is 16.6. The third-order valence-corrected chi connectivity index (χ3v) is 14.1. The molecule has 0 fully saturated rings. The third-order valence-electron chi connectivity index (χ3n) is 12.9. The summed E-state index contributed by atoms with van der Waals surface area (Å²) in [5, 5.41) is 4.94. The van der Waals surface area contributed by atoms with E-state index in [2.05, 4.69) is 187 Å². The summed E-state index contributed by atoms with van der Waals surface area (Å²) in [5.74, 6) is 0. The fourth-order valence-electron chi connectivity index (χ4n) is 9.77. The normalized spacial score (nSPS) is 15.1. The highest BCUT2D eigenvalue weighted by molar-refractivity contribution is 7.25. The van der Waals surface area contributed by atoms with Crippen molar-refractivity contribution in [3.05, 3.63) is 224 Å². The SMILES string of the molecule is CC1(c2ccc3sc4ccc(-n5c6ccc(-c7ccccc7-c7ccccn7)cc6c6cc(-c7ccccc7-c7ccccn7)ccc65)cc4c3c2)CC=CC=C1c1ccccn1. The van der Waals surface area contributed by atoms with E-state index >= 15 is 0 Å². The Labute approximate surface area is 369 Å². The molecule has 0 bridgehead atoms. The Kier molecular flexibility index (Phi) is 8.83. The maximum Gasteiger partial charge on any atom is 0.0708 e. The summed E-state index contributed by atoms with van der Waals surface area (Å²) in [5.41, 5.74) is 15.6. The second kappa shape index (κ2) is 15.0. The van der Waals surface area contributed by atoms with E-state index in [-0.39, 0.29) is 5.41 Å². The molecule has 1 atom stereocenters. The van der Waals surface area contributed by atoms with Crippen LogP contribution in [0.3, 0.4) is 0 Å². The largest absolute Gasteiger partial charge is 0.309 e. The Morgan fingerprint density at radius 3 is 1.57 bits per heavy atom. The smallest absolute Gasteiger partial charge is 0.0708 e. The molecule has 0 amide bonds. The van der Waals surface area contributed by atoms with Crippen molar-refractivity contribution >= 4 is 58.9 Å². The van der Waals surface area contributed by atoms with Gasteiger partial charge in [-0.05, 0) is 131 Å². The van der Waals surface area contributed by atoms with Gasteiger partial charge in [0.2, 0.25) is 0 Å². The Morgan fingerprint density at radius 2 is 1.00 bits per heavy atom. The molecule has 0 saturated carbocycles. The lowest BCUT2D eigenvalue weighted by atomic mass is 9.70. The van der Waals surface area contributed by atoms with Crippen molar-refractivity contribution in [3.8, 4) is 50.5 Å². The van der Waals surface area contributed by atoms with Gasteiger partial charge in [0, 0.05) is 71.8 Å². The van der Waals surface area contributed by atoms with Gasteiger partial charge in [0.1, 0.15) is 0 Å². The Bertz CT molecular complexity index is 3460. The minimum Gasteiger partial charge on any atom is -0.309 e. The van der Waals surface area contributed by atoms with E-state index in [9.17, 15) is 0 Å². The highest BCUT2D eigenvalue weighted by Crippen LogP contribution is 2.46. The number of hydrogen-bond donors (Lipinski definition) is 0. The van der Waals surface area contributed by atoms with Gasteiger partial charge in [-0.3, -0.25) is 15.0 Å². The van der Waals surface area contributed by atoms with Crippen LogP contribution in [0.2, 0.25) is 0 Å². The molecule has 0 saturated heterocycles. The van der Waals surface area contributed by atoms with Crippen molar-refractivity contribution in [2.45, 2.75) is 18.8 Å². The molecule has 5 heterocycles. The number of nitrogens with zero attached hydrogens (tertiary/aromatic N) is 4. The summed E-state index contributed by atoms with van der Waals surface area (Å²) in [6.07, 6.45) is 13.2. The first-order valence-corrected chi connectivity index (χ1v) is 22.3. The van der Waals surface area contributed by atoms with Gasteiger partial charge in [-0.25, -0.2) is 0 Å². The standard InChI is InChI=1S/C58H40N4S/c1-58(30-10-6-18-50(58)53-21-9-13-33-61-53)40-24-28-56-48(36-40)49-37-41(25-29-57(49)63-56)62-54-26-22-38(42-14-2-4-16-44(42)51-19-7-11-31-59-51)34-46(54)47-35-39(23-27-55(47)62)43-15-3-5-17-45(43)52-20-8-12-32-60-52/h2-29,31-37H,30H2,1H3. The number of hydrogen-bond acceptors (Lipinski definition) is 4. The lowest BCUT2D eigenvalue weighted by Gasteiger charge is -2.34. The molecule has 298 valence electrons. The van der Waals surface area contributed by atoms with Crippen molar-refractivity contribution in [2.24, 2.45) is 0 Å².